The lowest BCUT2D eigenvalue weighted by atomic mass is 10.0. The predicted molar refractivity (Wildman–Crippen MR) is 76.3 cm³/mol. The molecule has 0 aliphatic heterocycles. The number of rotatable bonds is 7. The van der Waals surface area contributed by atoms with E-state index in [1.54, 1.807) is 7.11 Å². The molecule has 6 nitrogen and oxygen atoms in total. The van der Waals surface area contributed by atoms with Crippen LogP contribution in [0.1, 0.15) is 40.0 Å². The van der Waals surface area contributed by atoms with Crippen LogP contribution < -0.4 is 10.8 Å². The molecule has 20 heavy (non-hydrogen) atoms. The van der Waals surface area contributed by atoms with Gasteiger partial charge in [0.05, 0.1) is 13.2 Å². The Bertz CT molecular complexity index is 291. The first-order chi connectivity index (χ1) is 9.42. The topological polar surface area (TPSA) is 68.8 Å². The van der Waals surface area contributed by atoms with Crippen molar-refractivity contribution < 1.29 is 19.1 Å². The van der Waals surface area contributed by atoms with Crippen LogP contribution in [0.2, 0.25) is 0 Å². The monoisotopic (exact) mass is 288 g/mol. The van der Waals surface area contributed by atoms with Crippen LogP contribution in [0.25, 0.3) is 0 Å². The van der Waals surface area contributed by atoms with Gasteiger partial charge in [0.15, 0.2) is 0 Å². The van der Waals surface area contributed by atoms with Crippen molar-refractivity contribution in [3.63, 3.8) is 0 Å². The molecule has 6 heteroatoms. The summed E-state index contributed by atoms with van der Waals surface area (Å²) in [5, 5.41) is 2.83. The molecule has 1 aliphatic carbocycles. The van der Waals surface area contributed by atoms with Gasteiger partial charge in [0, 0.05) is 19.7 Å². The third kappa shape index (κ3) is 7.07. The van der Waals surface area contributed by atoms with E-state index in [0.29, 0.717) is 25.7 Å². The van der Waals surface area contributed by atoms with Gasteiger partial charge in [0.1, 0.15) is 5.60 Å². The largest absolute Gasteiger partial charge is 0.444 e. The third-order valence-corrected chi connectivity index (χ3v) is 3.19. The number of hydrogen-bond donors (Lipinski definition) is 2. The van der Waals surface area contributed by atoms with Crippen LogP contribution in [-0.2, 0) is 14.3 Å². The molecule has 1 aliphatic rings. The molecule has 2 unspecified atom stereocenters. The Morgan fingerprint density at radius 1 is 1.25 bits per heavy atom. The van der Waals surface area contributed by atoms with Gasteiger partial charge in [-0.25, -0.2) is 4.79 Å². The van der Waals surface area contributed by atoms with Crippen molar-refractivity contribution in [2.45, 2.75) is 51.7 Å². The fourth-order valence-electron chi connectivity index (χ4n) is 2.26. The maximum absolute atomic E-state index is 11.6. The Kier molecular flexibility index (Phi) is 7.26. The lowest BCUT2D eigenvalue weighted by Crippen LogP contribution is -2.41. The Morgan fingerprint density at radius 3 is 2.65 bits per heavy atom. The van der Waals surface area contributed by atoms with Crippen LogP contribution in [0.15, 0.2) is 0 Å². The molecular formula is C14H28N2O4. The predicted octanol–water partition coefficient (Wildman–Crippen LogP) is 1.85. The van der Waals surface area contributed by atoms with Crippen molar-refractivity contribution in [1.82, 2.24) is 10.8 Å². The van der Waals surface area contributed by atoms with Gasteiger partial charge in [-0.1, -0.05) is 6.42 Å². The highest BCUT2D eigenvalue weighted by Crippen LogP contribution is 2.25. The van der Waals surface area contributed by atoms with Crippen molar-refractivity contribution in [3.8, 4) is 0 Å². The third-order valence-electron chi connectivity index (χ3n) is 3.19. The summed E-state index contributed by atoms with van der Waals surface area (Å²) in [6, 6.07) is 0.279. The molecule has 0 spiro atoms. The molecule has 0 bridgehead atoms. The van der Waals surface area contributed by atoms with Crippen LogP contribution in [0.5, 0.6) is 0 Å². The average molecular weight is 288 g/mol. The van der Waals surface area contributed by atoms with Gasteiger partial charge in [-0.15, -0.1) is 0 Å². The summed E-state index contributed by atoms with van der Waals surface area (Å²) in [5.41, 5.74) is 2.61. The van der Waals surface area contributed by atoms with E-state index in [2.05, 4.69) is 10.8 Å². The molecule has 0 aromatic heterocycles. The minimum Gasteiger partial charge on any atom is -0.444 e. The average Bonchev–Trinajstić information content (AvgIpc) is 2.77. The number of nitrogens with one attached hydrogen (secondary N) is 2. The van der Waals surface area contributed by atoms with Crippen LogP contribution in [0.3, 0.4) is 0 Å². The summed E-state index contributed by atoms with van der Waals surface area (Å²) in [5.74, 6) is 0.380. The zero-order chi connectivity index (χ0) is 15.0. The number of ether oxygens (including phenoxy) is 2. The summed E-state index contributed by atoms with van der Waals surface area (Å²) in [6.07, 6.45) is 2.93. The molecule has 0 aromatic carbocycles. The second-order valence-corrected chi connectivity index (χ2v) is 6.14. The molecule has 1 fully saturated rings. The molecule has 118 valence electrons. The van der Waals surface area contributed by atoms with Crippen LogP contribution in [0.4, 0.5) is 4.79 Å². The molecule has 0 heterocycles. The summed E-state index contributed by atoms with van der Waals surface area (Å²) in [4.78, 5) is 17.0. The van der Waals surface area contributed by atoms with Crippen molar-refractivity contribution >= 4 is 6.09 Å². The number of amides is 1. The van der Waals surface area contributed by atoms with E-state index in [0.717, 1.165) is 19.3 Å². The first kappa shape index (κ1) is 17.2. The van der Waals surface area contributed by atoms with E-state index in [-0.39, 0.29) is 12.1 Å². The number of alkyl carbamates (subject to hydrolysis) is 1. The summed E-state index contributed by atoms with van der Waals surface area (Å²) < 4.78 is 10.1. The molecule has 0 aromatic rings. The number of hydrogen-bond acceptors (Lipinski definition) is 5. The number of hydroxylamine groups is 1. The van der Waals surface area contributed by atoms with E-state index in [4.69, 9.17) is 14.3 Å². The minimum atomic E-state index is -0.458. The van der Waals surface area contributed by atoms with Crippen molar-refractivity contribution in [1.29, 1.82) is 0 Å². The van der Waals surface area contributed by atoms with Gasteiger partial charge in [-0.05, 0) is 39.5 Å². The molecule has 2 atom stereocenters. The highest BCUT2D eigenvalue weighted by Gasteiger charge is 2.28. The lowest BCUT2D eigenvalue weighted by Gasteiger charge is -2.23. The fourth-order valence-corrected chi connectivity index (χ4v) is 2.26. The number of carbonyl (C=O) groups is 1. The zero-order valence-electron chi connectivity index (χ0n) is 13.0. The van der Waals surface area contributed by atoms with E-state index in [1.807, 2.05) is 20.8 Å². The van der Waals surface area contributed by atoms with Crippen molar-refractivity contribution in [2.75, 3.05) is 26.9 Å². The Labute approximate surface area is 121 Å². The first-order valence-electron chi connectivity index (χ1n) is 7.25. The molecule has 1 rings (SSSR count). The highest BCUT2D eigenvalue weighted by molar-refractivity contribution is 5.67. The van der Waals surface area contributed by atoms with Gasteiger partial charge in [0.25, 0.3) is 0 Å². The summed E-state index contributed by atoms with van der Waals surface area (Å²) >= 11 is 0. The van der Waals surface area contributed by atoms with Gasteiger partial charge in [-0.3, -0.25) is 4.84 Å². The Morgan fingerprint density at radius 2 is 2.00 bits per heavy atom. The molecule has 1 amide bonds. The van der Waals surface area contributed by atoms with E-state index in [1.165, 1.54) is 0 Å². The van der Waals surface area contributed by atoms with Gasteiger partial charge >= 0.3 is 6.09 Å². The van der Waals surface area contributed by atoms with Crippen molar-refractivity contribution in [3.05, 3.63) is 0 Å². The second-order valence-electron chi connectivity index (χ2n) is 6.14. The standard InChI is InChI=1S/C14H28N2O4/c1-14(2,3)20-13(17)15-10-11-6-5-7-12(11)16-19-9-8-18-4/h11-12,16H,5-10H2,1-4H3,(H,15,17). The molecule has 0 saturated heterocycles. The van der Waals surface area contributed by atoms with Crippen molar-refractivity contribution in [2.24, 2.45) is 5.92 Å². The van der Waals surface area contributed by atoms with E-state index < -0.39 is 5.60 Å². The SMILES string of the molecule is COCCONC1CCCC1CNC(=O)OC(C)(C)C. The number of carbonyl (C=O) groups excluding carboxylic acids is 1. The molecule has 0 radical (unpaired) electrons. The van der Waals surface area contributed by atoms with Crippen LogP contribution in [-0.4, -0.2) is 44.6 Å². The van der Waals surface area contributed by atoms with E-state index >= 15 is 0 Å². The molecule has 2 N–H and O–H groups in total. The van der Waals surface area contributed by atoms with Crippen LogP contribution >= 0.6 is 0 Å². The normalized spacial score (nSPS) is 22.8. The van der Waals surface area contributed by atoms with Crippen LogP contribution in [0, 0.1) is 5.92 Å². The maximum Gasteiger partial charge on any atom is 0.407 e. The summed E-state index contributed by atoms with van der Waals surface area (Å²) in [6.45, 7) is 7.28. The second kappa shape index (κ2) is 8.44. The first-order valence-corrected chi connectivity index (χ1v) is 7.25. The zero-order valence-corrected chi connectivity index (χ0v) is 13.0. The smallest absolute Gasteiger partial charge is 0.407 e. The fraction of sp³-hybridized carbons (Fsp3) is 0.929. The van der Waals surface area contributed by atoms with Gasteiger partial charge in [-0.2, -0.15) is 5.48 Å². The highest BCUT2D eigenvalue weighted by atomic mass is 16.7. The molecule has 1 saturated carbocycles. The van der Waals surface area contributed by atoms with E-state index in [9.17, 15) is 4.79 Å². The molecular weight excluding hydrogens is 260 g/mol. The quantitative estimate of drug-likeness (QED) is 0.553. The Hall–Kier alpha value is -0.850. The lowest BCUT2D eigenvalue weighted by molar-refractivity contribution is -0.0187. The summed E-state index contributed by atoms with van der Waals surface area (Å²) in [7, 11) is 1.65. The Balaban J connectivity index is 2.22. The van der Waals surface area contributed by atoms with Gasteiger partial charge in [0.2, 0.25) is 0 Å². The van der Waals surface area contributed by atoms with Gasteiger partial charge < -0.3 is 14.8 Å². The number of methoxy groups -OCH3 is 1. The maximum atomic E-state index is 11.6. The minimum absolute atomic E-state index is 0.279.